The second-order valence-electron chi connectivity index (χ2n) is 11.4. The number of carbonyl (C=O) groups is 1. The summed E-state index contributed by atoms with van der Waals surface area (Å²) in [7, 11) is 1.34. The molecule has 2 atom stereocenters. The van der Waals surface area contributed by atoms with Crippen molar-refractivity contribution < 1.29 is 24.1 Å². The van der Waals surface area contributed by atoms with Crippen molar-refractivity contribution in [3.63, 3.8) is 0 Å². The first kappa shape index (κ1) is 30.3. The number of fused-ring (bicyclic) bond motifs is 1. The minimum atomic E-state index is -1.27. The van der Waals surface area contributed by atoms with Crippen molar-refractivity contribution in [1.82, 2.24) is 9.88 Å². The number of hydrogen-bond acceptors (Lipinski definition) is 8. The fourth-order valence-corrected chi connectivity index (χ4v) is 6.12. The zero-order valence-electron chi connectivity index (χ0n) is 25.2. The summed E-state index contributed by atoms with van der Waals surface area (Å²) in [5.41, 5.74) is 6.08. The van der Waals surface area contributed by atoms with Gasteiger partial charge in [0.05, 0.1) is 25.0 Å². The molecule has 3 aromatic rings. The van der Waals surface area contributed by atoms with Gasteiger partial charge in [0, 0.05) is 30.9 Å². The van der Waals surface area contributed by atoms with Crippen LogP contribution in [0.5, 0.6) is 5.75 Å². The summed E-state index contributed by atoms with van der Waals surface area (Å²) in [5, 5.41) is 19.7. The quantitative estimate of drug-likeness (QED) is 0.152. The first-order valence-corrected chi connectivity index (χ1v) is 14.7. The van der Waals surface area contributed by atoms with Crippen LogP contribution in [0.2, 0.25) is 0 Å². The van der Waals surface area contributed by atoms with E-state index in [-0.39, 0.29) is 11.5 Å². The van der Waals surface area contributed by atoms with Crippen molar-refractivity contribution >= 4 is 18.0 Å². The van der Waals surface area contributed by atoms with Gasteiger partial charge in [0.1, 0.15) is 23.7 Å². The van der Waals surface area contributed by atoms with Gasteiger partial charge >= 0.3 is 5.97 Å². The van der Waals surface area contributed by atoms with Gasteiger partial charge in [-0.1, -0.05) is 36.4 Å². The summed E-state index contributed by atoms with van der Waals surface area (Å²) in [6, 6.07) is 18.6. The van der Waals surface area contributed by atoms with Crippen molar-refractivity contribution in [2.24, 2.45) is 0 Å². The average molecular weight is 585 g/mol. The van der Waals surface area contributed by atoms with Gasteiger partial charge in [-0.15, -0.1) is 0 Å². The number of pyridine rings is 1. The summed E-state index contributed by atoms with van der Waals surface area (Å²) in [4.78, 5) is 18.8. The highest BCUT2D eigenvalue weighted by molar-refractivity contribution is 6.08. The third-order valence-electron chi connectivity index (χ3n) is 8.19. The molecule has 3 heterocycles. The molecule has 1 aromatic heterocycles. The first-order chi connectivity index (χ1) is 20.7. The zero-order chi connectivity index (χ0) is 30.5. The number of carboxylic acids is 1. The Morgan fingerprint density at radius 3 is 2.63 bits per heavy atom. The molecule has 3 N–H and O–H groups in total. The van der Waals surface area contributed by atoms with Crippen LogP contribution in [0.3, 0.4) is 0 Å². The molecule has 0 saturated carbocycles. The maximum absolute atomic E-state index is 11.5. The van der Waals surface area contributed by atoms with Crippen LogP contribution in [0.25, 0.3) is 11.3 Å². The van der Waals surface area contributed by atoms with E-state index in [4.69, 9.17) is 24.6 Å². The Hall–Kier alpha value is -4.21. The van der Waals surface area contributed by atoms with E-state index in [1.165, 1.54) is 18.2 Å². The third-order valence-corrected chi connectivity index (χ3v) is 8.19. The number of rotatable bonds is 10. The lowest BCUT2D eigenvalue weighted by atomic mass is 9.92. The Morgan fingerprint density at radius 2 is 1.91 bits per heavy atom. The van der Waals surface area contributed by atoms with E-state index in [2.05, 4.69) is 42.3 Å². The minimum Gasteiger partial charge on any atom is -0.488 e. The smallest absolute Gasteiger partial charge is 0.342 e. The molecule has 5 rings (SSSR count). The van der Waals surface area contributed by atoms with E-state index in [1.54, 1.807) is 6.07 Å². The van der Waals surface area contributed by atoms with Gasteiger partial charge in [-0.2, -0.15) is 0 Å². The molecule has 0 amide bonds. The van der Waals surface area contributed by atoms with E-state index in [9.17, 15) is 9.90 Å². The van der Waals surface area contributed by atoms with Crippen LogP contribution in [0, 0.1) is 12.3 Å². The van der Waals surface area contributed by atoms with Crippen LogP contribution in [-0.2, 0) is 33.8 Å². The second-order valence-corrected chi connectivity index (χ2v) is 11.4. The maximum atomic E-state index is 11.5. The Balaban J connectivity index is 1.31. The Kier molecular flexibility index (Phi) is 9.43. The number of aliphatic carboxylic acids is 1. The van der Waals surface area contributed by atoms with E-state index in [0.29, 0.717) is 36.4 Å². The molecule has 2 aliphatic rings. The molecule has 9 nitrogen and oxygen atoms in total. The van der Waals surface area contributed by atoms with Gasteiger partial charge in [-0.3, -0.25) is 4.90 Å². The number of aromatic nitrogens is 1. The Bertz CT molecular complexity index is 1510. The van der Waals surface area contributed by atoms with E-state index in [1.807, 2.05) is 37.3 Å². The lowest BCUT2D eigenvalue weighted by Crippen LogP contribution is -2.46. The van der Waals surface area contributed by atoms with Gasteiger partial charge in [0.15, 0.2) is 0 Å². The highest BCUT2D eigenvalue weighted by Crippen LogP contribution is 2.34. The molecule has 2 aliphatic heterocycles. The van der Waals surface area contributed by atoms with Crippen molar-refractivity contribution in [2.75, 3.05) is 19.0 Å². The summed E-state index contributed by atoms with van der Waals surface area (Å²) < 4.78 is 17.6. The summed E-state index contributed by atoms with van der Waals surface area (Å²) >= 11 is 0. The SMILES string of the molecule is CO/C(Nc1cccc(-c2cccc(C)c2OCc2ccc3c(c2)CCN(C2CC(C)OC(C)C2)C3)n1)=C(/C=N)C(=O)O. The highest BCUT2D eigenvalue weighted by atomic mass is 16.5. The van der Waals surface area contributed by atoms with Crippen molar-refractivity contribution in [1.29, 1.82) is 5.41 Å². The number of aryl methyl sites for hydroxylation is 1. The van der Waals surface area contributed by atoms with Crippen LogP contribution < -0.4 is 10.1 Å². The summed E-state index contributed by atoms with van der Waals surface area (Å²) in [6.45, 7) is 8.85. The van der Waals surface area contributed by atoms with E-state index < -0.39 is 5.97 Å². The fourth-order valence-electron chi connectivity index (χ4n) is 6.12. The number of benzene rings is 2. The maximum Gasteiger partial charge on any atom is 0.342 e. The van der Waals surface area contributed by atoms with Crippen molar-refractivity contribution in [3.05, 3.63) is 88.3 Å². The predicted octanol–water partition coefficient (Wildman–Crippen LogP) is 5.95. The molecule has 9 heteroatoms. The summed E-state index contributed by atoms with van der Waals surface area (Å²) in [5.74, 6) is -0.212. The molecule has 1 fully saturated rings. The standard InChI is InChI=1S/C34H40N4O5/c1-21-7-5-8-28(30-9-6-10-31(36-30)37-33(41-4)29(18-35)34(39)40)32(21)42-20-24-11-12-26-19-38(14-13-25(26)17-24)27-15-22(2)43-23(3)16-27/h5-12,17-18,22-23,27,35H,13-16,19-20H2,1-4H3,(H,36,37)(H,39,40)/b33-29-,35-18?. The van der Waals surface area contributed by atoms with Crippen LogP contribution >= 0.6 is 0 Å². The number of nitrogens with zero attached hydrogens (tertiary/aromatic N) is 2. The molecule has 2 aromatic carbocycles. The first-order valence-electron chi connectivity index (χ1n) is 14.7. The van der Waals surface area contributed by atoms with Gasteiger partial charge in [0.25, 0.3) is 0 Å². The largest absolute Gasteiger partial charge is 0.488 e. The van der Waals surface area contributed by atoms with Gasteiger partial charge in [-0.05, 0) is 80.5 Å². The highest BCUT2D eigenvalue weighted by Gasteiger charge is 2.31. The van der Waals surface area contributed by atoms with Gasteiger partial charge < -0.3 is 30.0 Å². The Labute approximate surface area is 253 Å². The van der Waals surface area contributed by atoms with E-state index >= 15 is 0 Å². The second kappa shape index (κ2) is 13.4. The van der Waals surface area contributed by atoms with Crippen molar-refractivity contribution in [3.8, 4) is 17.0 Å². The normalized spacial score (nSPS) is 20.9. The molecule has 0 aliphatic carbocycles. The Morgan fingerprint density at radius 1 is 1.14 bits per heavy atom. The molecule has 0 spiro atoms. The van der Waals surface area contributed by atoms with Gasteiger partial charge in [-0.25, -0.2) is 9.78 Å². The molecular weight excluding hydrogens is 544 g/mol. The number of carboxylic acid groups (broad SMARTS) is 1. The number of nitrogens with one attached hydrogen (secondary N) is 2. The molecule has 0 bridgehead atoms. The minimum absolute atomic E-state index is 0.0692. The predicted molar refractivity (Wildman–Crippen MR) is 166 cm³/mol. The number of para-hydroxylation sites is 1. The van der Waals surface area contributed by atoms with Crippen molar-refractivity contribution in [2.45, 2.75) is 71.4 Å². The fraction of sp³-hybridized carbons (Fsp3) is 0.382. The third kappa shape index (κ3) is 7.06. The molecule has 1 saturated heterocycles. The lowest BCUT2D eigenvalue weighted by molar-refractivity contribution is -0.132. The van der Waals surface area contributed by atoms with Crippen LogP contribution in [-0.4, -0.2) is 59.1 Å². The van der Waals surface area contributed by atoms with E-state index in [0.717, 1.165) is 61.0 Å². The topological polar surface area (TPSA) is 117 Å². The lowest BCUT2D eigenvalue weighted by Gasteiger charge is -2.41. The molecule has 2 unspecified atom stereocenters. The molecule has 0 radical (unpaired) electrons. The molecular formula is C34H40N4O5. The molecule has 43 heavy (non-hydrogen) atoms. The number of anilines is 1. The number of ether oxygens (including phenoxy) is 3. The zero-order valence-corrected chi connectivity index (χ0v) is 25.2. The number of methoxy groups -OCH3 is 1. The van der Waals surface area contributed by atoms with Crippen LogP contribution in [0.1, 0.15) is 48.9 Å². The number of hydrogen-bond donors (Lipinski definition) is 3. The van der Waals surface area contributed by atoms with Crippen LogP contribution in [0.15, 0.2) is 66.1 Å². The average Bonchev–Trinajstić information content (AvgIpc) is 2.99. The van der Waals surface area contributed by atoms with Gasteiger partial charge in [0.2, 0.25) is 5.88 Å². The molecule has 226 valence electrons. The monoisotopic (exact) mass is 584 g/mol. The summed E-state index contributed by atoms with van der Waals surface area (Å²) in [6.07, 6.45) is 4.57. The van der Waals surface area contributed by atoms with Crippen LogP contribution in [0.4, 0.5) is 5.82 Å².